The van der Waals surface area contributed by atoms with Crippen molar-refractivity contribution in [2.24, 2.45) is 0 Å². The lowest BCUT2D eigenvalue weighted by atomic mass is 10.0. The van der Waals surface area contributed by atoms with E-state index in [9.17, 15) is 28.7 Å². The normalized spacial score (nSPS) is 18.3. The molecule has 3 aromatic carbocycles. The number of phenolic OH excluding ortho intramolecular Hbond substituents is 1. The Kier molecular flexibility index (Phi) is 11.1. The van der Waals surface area contributed by atoms with Gasteiger partial charge >= 0.3 is 0 Å². The molecule has 43 heavy (non-hydrogen) atoms. The van der Waals surface area contributed by atoms with E-state index in [1.807, 2.05) is 0 Å². The van der Waals surface area contributed by atoms with Crippen LogP contribution in [-0.4, -0.2) is 60.5 Å². The fraction of sp³-hybridized carbons (Fsp3) is 0.312. The first-order valence-corrected chi connectivity index (χ1v) is 14.2. The number of para-hydroxylation sites is 1. The highest BCUT2D eigenvalue weighted by Crippen LogP contribution is 2.19. The molecule has 0 saturated carbocycles. The van der Waals surface area contributed by atoms with E-state index in [1.54, 1.807) is 48.5 Å². The molecule has 226 valence electrons. The number of ether oxygens (including phenoxy) is 1. The molecule has 4 amide bonds. The SMILES string of the molecule is O=C1CC[C@@H](C(=O)NCCc2ccc(F)cc2)NC(=O)c2ccccc2OCCCNC(=O)[C@H](Cc2ccc(O)cc2)N1. The molecule has 0 aliphatic carbocycles. The zero-order valence-corrected chi connectivity index (χ0v) is 23.6. The molecule has 1 aliphatic rings. The second kappa shape index (κ2) is 15.3. The van der Waals surface area contributed by atoms with Crippen LogP contribution < -0.4 is 26.0 Å². The van der Waals surface area contributed by atoms with Crippen molar-refractivity contribution in [1.82, 2.24) is 21.3 Å². The van der Waals surface area contributed by atoms with Gasteiger partial charge in [-0.15, -0.1) is 0 Å². The zero-order valence-electron chi connectivity index (χ0n) is 23.6. The van der Waals surface area contributed by atoms with Gasteiger partial charge in [0.1, 0.15) is 29.4 Å². The van der Waals surface area contributed by atoms with Crippen molar-refractivity contribution in [3.8, 4) is 11.5 Å². The lowest BCUT2D eigenvalue weighted by Gasteiger charge is -2.22. The molecule has 4 rings (SSSR count). The lowest BCUT2D eigenvalue weighted by molar-refractivity contribution is -0.129. The number of hydrogen-bond acceptors (Lipinski definition) is 6. The number of amides is 4. The van der Waals surface area contributed by atoms with Crippen LogP contribution in [0.5, 0.6) is 11.5 Å². The molecule has 10 nitrogen and oxygen atoms in total. The molecule has 1 aliphatic heterocycles. The van der Waals surface area contributed by atoms with Crippen LogP contribution in [0, 0.1) is 5.82 Å². The maximum Gasteiger partial charge on any atom is 0.255 e. The summed E-state index contributed by atoms with van der Waals surface area (Å²) in [6.45, 7) is 0.736. The van der Waals surface area contributed by atoms with Crippen LogP contribution in [0.4, 0.5) is 4.39 Å². The number of nitrogens with one attached hydrogen (secondary N) is 4. The Hall–Kier alpha value is -4.93. The summed E-state index contributed by atoms with van der Waals surface area (Å²) >= 11 is 0. The third-order valence-electron chi connectivity index (χ3n) is 6.95. The minimum atomic E-state index is -1.06. The Balaban J connectivity index is 1.49. The molecule has 11 heteroatoms. The first kappa shape index (κ1) is 31.0. The molecule has 0 spiro atoms. The van der Waals surface area contributed by atoms with Crippen molar-refractivity contribution in [1.29, 1.82) is 0 Å². The highest BCUT2D eigenvalue weighted by molar-refractivity contribution is 5.99. The van der Waals surface area contributed by atoms with Gasteiger partial charge in [-0.1, -0.05) is 36.4 Å². The Morgan fingerprint density at radius 2 is 1.67 bits per heavy atom. The first-order valence-electron chi connectivity index (χ1n) is 14.2. The van der Waals surface area contributed by atoms with Gasteiger partial charge in [0.25, 0.3) is 5.91 Å². The smallest absolute Gasteiger partial charge is 0.255 e. The summed E-state index contributed by atoms with van der Waals surface area (Å²) < 4.78 is 19.0. The van der Waals surface area contributed by atoms with E-state index in [0.717, 1.165) is 11.1 Å². The largest absolute Gasteiger partial charge is 0.508 e. The highest BCUT2D eigenvalue weighted by atomic mass is 19.1. The number of halogens is 1. The third kappa shape index (κ3) is 9.56. The summed E-state index contributed by atoms with van der Waals surface area (Å²) in [7, 11) is 0. The molecule has 2 atom stereocenters. The number of aromatic hydroxyl groups is 1. The Morgan fingerprint density at radius 3 is 2.44 bits per heavy atom. The molecule has 1 heterocycles. The lowest BCUT2D eigenvalue weighted by Crippen LogP contribution is -2.50. The average molecular weight is 591 g/mol. The molecule has 0 fully saturated rings. The van der Waals surface area contributed by atoms with Crippen molar-refractivity contribution in [3.63, 3.8) is 0 Å². The number of carbonyl (C=O) groups is 4. The van der Waals surface area contributed by atoms with E-state index in [0.29, 0.717) is 18.6 Å². The Bertz CT molecular complexity index is 1410. The maximum absolute atomic E-state index is 13.3. The van der Waals surface area contributed by atoms with Crippen LogP contribution in [-0.2, 0) is 27.2 Å². The quantitative estimate of drug-likeness (QED) is 0.298. The summed E-state index contributed by atoms with van der Waals surface area (Å²) in [4.78, 5) is 52.5. The van der Waals surface area contributed by atoms with Gasteiger partial charge in [-0.25, -0.2) is 4.39 Å². The van der Waals surface area contributed by atoms with E-state index in [4.69, 9.17) is 4.74 Å². The molecular formula is C32H35FN4O6. The summed E-state index contributed by atoms with van der Waals surface area (Å²) in [5, 5.41) is 20.7. The van der Waals surface area contributed by atoms with Gasteiger partial charge in [-0.3, -0.25) is 19.2 Å². The summed E-state index contributed by atoms with van der Waals surface area (Å²) in [6, 6.07) is 17.0. The molecule has 5 N–H and O–H groups in total. The molecule has 0 saturated heterocycles. The third-order valence-corrected chi connectivity index (χ3v) is 6.95. The van der Waals surface area contributed by atoms with Crippen molar-refractivity contribution in [3.05, 3.63) is 95.3 Å². The average Bonchev–Trinajstić information content (AvgIpc) is 3.00. The minimum absolute atomic E-state index is 0.0312. The summed E-state index contributed by atoms with van der Waals surface area (Å²) in [5.74, 6) is -1.79. The van der Waals surface area contributed by atoms with Crippen LogP contribution in [0.25, 0.3) is 0 Å². The second-order valence-corrected chi connectivity index (χ2v) is 10.2. The zero-order chi connectivity index (χ0) is 30.6. The van der Waals surface area contributed by atoms with Gasteiger partial charge in [0.05, 0.1) is 12.2 Å². The second-order valence-electron chi connectivity index (χ2n) is 10.2. The van der Waals surface area contributed by atoms with E-state index in [1.165, 1.54) is 24.3 Å². The monoisotopic (exact) mass is 590 g/mol. The van der Waals surface area contributed by atoms with E-state index in [-0.39, 0.29) is 62.0 Å². The molecule has 0 aromatic heterocycles. The van der Waals surface area contributed by atoms with Crippen LogP contribution in [0.2, 0.25) is 0 Å². The summed E-state index contributed by atoms with van der Waals surface area (Å²) in [6.07, 6.45) is 0.897. The molecular weight excluding hydrogens is 555 g/mol. The van der Waals surface area contributed by atoms with Gasteiger partial charge < -0.3 is 31.1 Å². The van der Waals surface area contributed by atoms with Crippen LogP contribution >= 0.6 is 0 Å². The molecule has 0 unspecified atom stereocenters. The number of carbonyl (C=O) groups excluding carboxylic acids is 4. The number of benzene rings is 3. The number of phenols is 1. The molecule has 0 bridgehead atoms. The first-order chi connectivity index (χ1) is 20.8. The fourth-order valence-electron chi connectivity index (χ4n) is 4.60. The van der Waals surface area contributed by atoms with Crippen LogP contribution in [0.3, 0.4) is 0 Å². The van der Waals surface area contributed by atoms with E-state index >= 15 is 0 Å². The van der Waals surface area contributed by atoms with Crippen molar-refractivity contribution < 1.29 is 33.4 Å². The van der Waals surface area contributed by atoms with Gasteiger partial charge in [-0.2, -0.15) is 0 Å². The van der Waals surface area contributed by atoms with Crippen LogP contribution in [0.15, 0.2) is 72.8 Å². The number of fused-ring (bicyclic) bond motifs is 1. The highest BCUT2D eigenvalue weighted by Gasteiger charge is 2.26. The fourth-order valence-corrected chi connectivity index (χ4v) is 4.60. The number of hydrogen-bond donors (Lipinski definition) is 5. The van der Waals surface area contributed by atoms with Crippen molar-refractivity contribution in [2.45, 2.75) is 44.2 Å². The molecule has 0 radical (unpaired) electrons. The maximum atomic E-state index is 13.3. The topological polar surface area (TPSA) is 146 Å². The van der Waals surface area contributed by atoms with Crippen LogP contribution in [0.1, 0.15) is 40.7 Å². The predicted molar refractivity (Wildman–Crippen MR) is 157 cm³/mol. The van der Waals surface area contributed by atoms with Crippen molar-refractivity contribution in [2.75, 3.05) is 19.7 Å². The molecule has 3 aromatic rings. The standard InChI is InChI=1S/C32H35FN4O6/c33-23-10-6-21(7-11-23)16-18-35-31(41)26-14-15-29(39)36-27(20-22-8-12-24(38)13-9-22)32(42)34-17-3-19-43-28-5-2-1-4-25(28)30(40)37-26/h1-2,4-13,26-27,38H,3,14-20H2,(H,34,42)(H,35,41)(H,36,39)(H,37,40)/t26-,27-/m0/s1. The van der Waals surface area contributed by atoms with Gasteiger partial charge in [-0.05, 0) is 66.8 Å². The van der Waals surface area contributed by atoms with Gasteiger partial charge in [0.2, 0.25) is 17.7 Å². The summed E-state index contributed by atoms with van der Waals surface area (Å²) in [5.41, 5.74) is 1.80. The van der Waals surface area contributed by atoms with Gasteiger partial charge in [0.15, 0.2) is 0 Å². The Labute approximate surface area is 249 Å². The predicted octanol–water partition coefficient (Wildman–Crippen LogP) is 2.39. The Morgan fingerprint density at radius 1 is 0.953 bits per heavy atom. The van der Waals surface area contributed by atoms with E-state index in [2.05, 4.69) is 21.3 Å². The minimum Gasteiger partial charge on any atom is -0.508 e. The van der Waals surface area contributed by atoms with E-state index < -0.39 is 29.8 Å². The number of rotatable bonds is 6. The van der Waals surface area contributed by atoms with Gasteiger partial charge in [0, 0.05) is 25.9 Å². The van der Waals surface area contributed by atoms with Crippen molar-refractivity contribution >= 4 is 23.6 Å².